The predicted octanol–water partition coefficient (Wildman–Crippen LogP) is 0.449. The molecule has 1 atom stereocenters. The molecular formula is C13H24N4O. The van der Waals surface area contributed by atoms with E-state index in [4.69, 9.17) is 5.11 Å². The van der Waals surface area contributed by atoms with E-state index in [0.717, 1.165) is 19.6 Å². The molecular weight excluding hydrogens is 228 g/mol. The van der Waals surface area contributed by atoms with Crippen LogP contribution in [0.1, 0.15) is 25.3 Å². The lowest BCUT2D eigenvalue weighted by atomic mass is 10.2. The van der Waals surface area contributed by atoms with E-state index in [-0.39, 0.29) is 6.61 Å². The molecule has 2 rings (SSSR count). The van der Waals surface area contributed by atoms with Crippen LogP contribution >= 0.6 is 0 Å². The molecule has 0 saturated carbocycles. The van der Waals surface area contributed by atoms with Gasteiger partial charge in [-0.05, 0) is 25.9 Å². The third-order valence-electron chi connectivity index (χ3n) is 3.63. The molecule has 0 aromatic carbocycles. The second-order valence-electron chi connectivity index (χ2n) is 4.89. The molecule has 0 amide bonds. The van der Waals surface area contributed by atoms with Crippen LogP contribution in [-0.4, -0.2) is 52.1 Å². The van der Waals surface area contributed by atoms with Gasteiger partial charge in [0.05, 0.1) is 19.3 Å². The molecule has 5 nitrogen and oxygen atoms in total. The molecule has 1 aromatic rings. The fourth-order valence-corrected chi connectivity index (χ4v) is 2.65. The zero-order valence-corrected chi connectivity index (χ0v) is 11.2. The minimum absolute atomic E-state index is 0.141. The first-order chi connectivity index (χ1) is 8.83. The molecule has 1 aliphatic rings. The van der Waals surface area contributed by atoms with E-state index in [9.17, 15) is 0 Å². The van der Waals surface area contributed by atoms with Crippen molar-refractivity contribution < 1.29 is 5.11 Å². The lowest BCUT2D eigenvalue weighted by molar-refractivity contribution is 0.260. The van der Waals surface area contributed by atoms with Gasteiger partial charge in [-0.2, -0.15) is 5.10 Å². The standard InChI is InChI=1S/C13H24N4O/c1-2-16-5-3-4-13(16)10-14-8-12-9-15-17(11-12)6-7-18/h9,11,13-14,18H,2-8,10H2,1H3. The summed E-state index contributed by atoms with van der Waals surface area (Å²) in [5, 5.41) is 16.5. The van der Waals surface area contributed by atoms with Gasteiger partial charge >= 0.3 is 0 Å². The van der Waals surface area contributed by atoms with Crippen LogP contribution in [0.2, 0.25) is 0 Å². The molecule has 1 fully saturated rings. The number of nitrogens with zero attached hydrogens (tertiary/aromatic N) is 3. The highest BCUT2D eigenvalue weighted by Gasteiger charge is 2.21. The van der Waals surface area contributed by atoms with E-state index < -0.39 is 0 Å². The van der Waals surface area contributed by atoms with Crippen molar-refractivity contribution in [2.75, 3.05) is 26.2 Å². The van der Waals surface area contributed by atoms with Gasteiger partial charge in [-0.1, -0.05) is 6.92 Å². The van der Waals surface area contributed by atoms with Crippen LogP contribution in [0.4, 0.5) is 0 Å². The molecule has 18 heavy (non-hydrogen) atoms. The Kier molecular flexibility index (Phi) is 5.16. The van der Waals surface area contributed by atoms with Crippen LogP contribution in [0.3, 0.4) is 0 Å². The largest absolute Gasteiger partial charge is 0.394 e. The number of aliphatic hydroxyl groups is 1. The van der Waals surface area contributed by atoms with Crippen LogP contribution in [0, 0.1) is 0 Å². The number of rotatable bonds is 7. The molecule has 1 unspecified atom stereocenters. The van der Waals surface area contributed by atoms with Gasteiger partial charge in [0.2, 0.25) is 0 Å². The molecule has 0 spiro atoms. The van der Waals surface area contributed by atoms with Crippen LogP contribution in [0.15, 0.2) is 12.4 Å². The maximum atomic E-state index is 8.82. The second-order valence-corrected chi connectivity index (χ2v) is 4.89. The Hall–Kier alpha value is -0.910. The second kappa shape index (κ2) is 6.87. The van der Waals surface area contributed by atoms with Gasteiger partial charge in [-0.15, -0.1) is 0 Å². The average molecular weight is 252 g/mol. The number of hydrogen-bond donors (Lipinski definition) is 2. The molecule has 0 aliphatic carbocycles. The van der Waals surface area contributed by atoms with Crippen molar-refractivity contribution in [3.63, 3.8) is 0 Å². The first-order valence-electron chi connectivity index (χ1n) is 6.90. The lowest BCUT2D eigenvalue weighted by Crippen LogP contribution is -2.37. The number of hydrogen-bond acceptors (Lipinski definition) is 4. The lowest BCUT2D eigenvalue weighted by Gasteiger charge is -2.22. The summed E-state index contributed by atoms with van der Waals surface area (Å²) in [6.45, 7) is 7.27. The summed E-state index contributed by atoms with van der Waals surface area (Å²) in [5.74, 6) is 0. The van der Waals surface area contributed by atoms with Crippen molar-refractivity contribution >= 4 is 0 Å². The summed E-state index contributed by atoms with van der Waals surface area (Å²) >= 11 is 0. The van der Waals surface area contributed by atoms with E-state index in [1.54, 1.807) is 4.68 Å². The quantitative estimate of drug-likeness (QED) is 0.740. The van der Waals surface area contributed by atoms with E-state index in [2.05, 4.69) is 22.2 Å². The SMILES string of the molecule is CCN1CCCC1CNCc1cnn(CCO)c1. The van der Waals surface area contributed by atoms with Crippen LogP contribution < -0.4 is 5.32 Å². The van der Waals surface area contributed by atoms with E-state index in [1.807, 2.05) is 12.4 Å². The number of likely N-dealkylation sites (N-methyl/N-ethyl adjacent to an activating group) is 1. The highest BCUT2D eigenvalue weighted by atomic mass is 16.3. The molecule has 1 aromatic heterocycles. The van der Waals surface area contributed by atoms with E-state index in [1.165, 1.54) is 24.9 Å². The summed E-state index contributed by atoms with van der Waals surface area (Å²) < 4.78 is 1.78. The molecule has 2 heterocycles. The first kappa shape index (κ1) is 13.5. The number of aromatic nitrogens is 2. The highest BCUT2D eigenvalue weighted by molar-refractivity contribution is 5.03. The molecule has 102 valence electrons. The zero-order valence-electron chi connectivity index (χ0n) is 11.2. The first-order valence-corrected chi connectivity index (χ1v) is 6.90. The van der Waals surface area contributed by atoms with Crippen LogP contribution in [0.25, 0.3) is 0 Å². The smallest absolute Gasteiger partial charge is 0.0640 e. The third kappa shape index (κ3) is 3.54. The fraction of sp³-hybridized carbons (Fsp3) is 0.769. The van der Waals surface area contributed by atoms with Gasteiger partial charge in [0.25, 0.3) is 0 Å². The monoisotopic (exact) mass is 252 g/mol. The van der Waals surface area contributed by atoms with Gasteiger partial charge in [-0.3, -0.25) is 9.58 Å². The Morgan fingerprint density at radius 3 is 3.22 bits per heavy atom. The van der Waals surface area contributed by atoms with Gasteiger partial charge in [0.15, 0.2) is 0 Å². The van der Waals surface area contributed by atoms with Crippen molar-refractivity contribution in [2.24, 2.45) is 0 Å². The third-order valence-corrected chi connectivity index (χ3v) is 3.63. The molecule has 2 N–H and O–H groups in total. The summed E-state index contributed by atoms with van der Waals surface area (Å²) in [5.41, 5.74) is 1.18. The summed E-state index contributed by atoms with van der Waals surface area (Å²) in [4.78, 5) is 2.54. The van der Waals surface area contributed by atoms with Crippen LogP contribution in [0.5, 0.6) is 0 Å². The fourth-order valence-electron chi connectivity index (χ4n) is 2.65. The van der Waals surface area contributed by atoms with Gasteiger partial charge in [-0.25, -0.2) is 0 Å². The number of likely N-dealkylation sites (tertiary alicyclic amines) is 1. The molecule has 1 aliphatic heterocycles. The van der Waals surface area contributed by atoms with Crippen molar-refractivity contribution in [2.45, 2.75) is 38.9 Å². The molecule has 0 radical (unpaired) electrons. The minimum Gasteiger partial charge on any atom is -0.394 e. The Morgan fingerprint density at radius 1 is 1.56 bits per heavy atom. The molecule has 1 saturated heterocycles. The highest BCUT2D eigenvalue weighted by Crippen LogP contribution is 2.15. The Morgan fingerprint density at radius 2 is 2.44 bits per heavy atom. The zero-order chi connectivity index (χ0) is 12.8. The van der Waals surface area contributed by atoms with E-state index >= 15 is 0 Å². The van der Waals surface area contributed by atoms with Crippen molar-refractivity contribution in [1.29, 1.82) is 0 Å². The summed E-state index contributed by atoms with van der Waals surface area (Å²) in [6.07, 6.45) is 6.50. The Labute approximate surface area is 109 Å². The van der Waals surface area contributed by atoms with Gasteiger partial charge in [0.1, 0.15) is 0 Å². The predicted molar refractivity (Wildman–Crippen MR) is 71.3 cm³/mol. The van der Waals surface area contributed by atoms with Gasteiger partial charge in [0, 0.05) is 30.9 Å². The Bertz CT molecular complexity index is 353. The number of nitrogens with one attached hydrogen (secondary N) is 1. The maximum Gasteiger partial charge on any atom is 0.0640 e. The topological polar surface area (TPSA) is 53.3 Å². The average Bonchev–Trinajstić information content (AvgIpc) is 2.99. The summed E-state index contributed by atoms with van der Waals surface area (Å²) in [6, 6.07) is 0.697. The normalized spacial score (nSPS) is 20.7. The number of aliphatic hydroxyl groups excluding tert-OH is 1. The minimum atomic E-state index is 0.141. The van der Waals surface area contributed by atoms with Crippen molar-refractivity contribution in [1.82, 2.24) is 20.0 Å². The maximum absolute atomic E-state index is 8.82. The molecule has 5 heteroatoms. The van der Waals surface area contributed by atoms with Crippen molar-refractivity contribution in [3.05, 3.63) is 18.0 Å². The van der Waals surface area contributed by atoms with Gasteiger partial charge < -0.3 is 10.4 Å². The van der Waals surface area contributed by atoms with Crippen molar-refractivity contribution in [3.8, 4) is 0 Å². The van der Waals surface area contributed by atoms with Crippen LogP contribution in [-0.2, 0) is 13.1 Å². The van der Waals surface area contributed by atoms with E-state index in [0.29, 0.717) is 12.6 Å². The molecule has 0 bridgehead atoms. The Balaban J connectivity index is 1.71. The summed E-state index contributed by atoms with van der Waals surface area (Å²) in [7, 11) is 0.